The fourth-order valence-electron chi connectivity index (χ4n) is 8.36. The van der Waals surface area contributed by atoms with Crippen molar-refractivity contribution in [3.05, 3.63) is 170 Å². The molecule has 0 aromatic heterocycles. The van der Waals surface area contributed by atoms with Crippen molar-refractivity contribution in [1.82, 2.24) is 0 Å². The van der Waals surface area contributed by atoms with Crippen molar-refractivity contribution < 1.29 is 28.6 Å². The van der Waals surface area contributed by atoms with Crippen LogP contribution in [0.1, 0.15) is 265 Å². The predicted molar refractivity (Wildman–Crippen MR) is 352 cm³/mol. The van der Waals surface area contributed by atoms with Gasteiger partial charge in [0.15, 0.2) is 6.10 Å². The zero-order valence-corrected chi connectivity index (χ0v) is 52.0. The molecule has 81 heavy (non-hydrogen) atoms. The molecular weight excluding hydrogens is 997 g/mol. The van der Waals surface area contributed by atoms with E-state index in [1.54, 1.807) is 0 Å². The van der Waals surface area contributed by atoms with Crippen LogP contribution in [0.15, 0.2) is 170 Å². The van der Waals surface area contributed by atoms with Crippen molar-refractivity contribution in [1.29, 1.82) is 0 Å². The largest absolute Gasteiger partial charge is 0.462 e. The summed E-state index contributed by atoms with van der Waals surface area (Å²) in [6.45, 7) is 6.33. The first kappa shape index (κ1) is 75.8. The van der Waals surface area contributed by atoms with Gasteiger partial charge in [0, 0.05) is 19.3 Å². The Labute approximate surface area is 498 Å². The number of carbonyl (C=O) groups is 3. The van der Waals surface area contributed by atoms with Gasteiger partial charge in [-0.1, -0.05) is 262 Å². The molecule has 0 aliphatic carbocycles. The van der Waals surface area contributed by atoms with E-state index in [0.29, 0.717) is 12.8 Å². The van der Waals surface area contributed by atoms with Gasteiger partial charge in [0.25, 0.3) is 0 Å². The highest BCUT2D eigenvalue weighted by molar-refractivity contribution is 5.71. The molecule has 0 N–H and O–H groups in total. The fraction of sp³-hybridized carbons (Fsp3) is 0.587. The lowest BCUT2D eigenvalue weighted by molar-refractivity contribution is -0.167. The van der Waals surface area contributed by atoms with E-state index >= 15 is 0 Å². The molecule has 0 aliphatic heterocycles. The van der Waals surface area contributed by atoms with Gasteiger partial charge in [-0.25, -0.2) is 0 Å². The summed E-state index contributed by atoms with van der Waals surface area (Å²) in [5, 5.41) is 0. The minimum Gasteiger partial charge on any atom is -0.462 e. The highest BCUT2D eigenvalue weighted by Crippen LogP contribution is 2.14. The summed E-state index contributed by atoms with van der Waals surface area (Å²) in [6.07, 6.45) is 99.2. The third-order valence-electron chi connectivity index (χ3n) is 13.2. The highest BCUT2D eigenvalue weighted by Gasteiger charge is 2.19. The first-order chi connectivity index (χ1) is 40.0. The third-order valence-corrected chi connectivity index (χ3v) is 13.2. The summed E-state index contributed by atoms with van der Waals surface area (Å²) in [5.41, 5.74) is 0. The van der Waals surface area contributed by atoms with Crippen LogP contribution in [0.25, 0.3) is 0 Å². The Kier molecular flexibility index (Phi) is 62.9. The quantitative estimate of drug-likeness (QED) is 0.0261. The first-order valence-electron chi connectivity index (χ1n) is 32.6. The molecule has 6 nitrogen and oxygen atoms in total. The van der Waals surface area contributed by atoms with E-state index < -0.39 is 6.10 Å². The smallest absolute Gasteiger partial charge is 0.306 e. The Balaban J connectivity index is 4.54. The highest BCUT2D eigenvalue weighted by atomic mass is 16.6. The monoisotopic (exact) mass is 1110 g/mol. The maximum Gasteiger partial charge on any atom is 0.306 e. The minimum atomic E-state index is -0.818. The van der Waals surface area contributed by atoms with Crippen molar-refractivity contribution in [2.75, 3.05) is 13.2 Å². The molecule has 0 saturated carbocycles. The van der Waals surface area contributed by atoms with Gasteiger partial charge < -0.3 is 14.2 Å². The number of unbranched alkanes of at least 4 members (excludes halogenated alkanes) is 18. The normalized spacial score (nSPS) is 13.3. The molecule has 0 amide bonds. The summed E-state index contributed by atoms with van der Waals surface area (Å²) in [6, 6.07) is 0. The minimum absolute atomic E-state index is 0.109. The van der Waals surface area contributed by atoms with Crippen molar-refractivity contribution in [2.24, 2.45) is 0 Å². The van der Waals surface area contributed by atoms with Gasteiger partial charge >= 0.3 is 17.9 Å². The number of rotatable bonds is 57. The van der Waals surface area contributed by atoms with Gasteiger partial charge in [0.2, 0.25) is 0 Å². The summed E-state index contributed by atoms with van der Waals surface area (Å²) < 4.78 is 16.9. The lowest BCUT2D eigenvalue weighted by Gasteiger charge is -2.18. The number of hydrogen-bond donors (Lipinski definition) is 0. The van der Waals surface area contributed by atoms with Crippen LogP contribution in [0.3, 0.4) is 0 Å². The number of ether oxygens (including phenoxy) is 3. The number of esters is 3. The molecule has 1 atom stereocenters. The summed E-state index contributed by atoms with van der Waals surface area (Å²) >= 11 is 0. The second-order valence-corrected chi connectivity index (χ2v) is 20.9. The average Bonchev–Trinajstić information content (AvgIpc) is 3.47. The maximum absolute atomic E-state index is 12.9. The van der Waals surface area contributed by atoms with Crippen LogP contribution in [-0.2, 0) is 28.6 Å². The molecule has 0 bridgehead atoms. The van der Waals surface area contributed by atoms with E-state index in [-0.39, 0.29) is 37.5 Å². The van der Waals surface area contributed by atoms with E-state index in [4.69, 9.17) is 14.2 Å². The SMILES string of the molecule is CC/C=C\C/C=C\C/C=C\C/C=C\C/C=C\C/C=C\C/C=C\CCCCCC(=O)OCC(COC(=O)CCCCCCCCC/C=C\C/C=C\CCCCC)OC(=O)CCCCCCC/C=C\C/C=C\C/C=C\C/C=C\C/C=C\CC. The molecule has 0 rings (SSSR count). The molecule has 6 heteroatoms. The Bertz CT molecular complexity index is 1860. The van der Waals surface area contributed by atoms with E-state index in [1.807, 2.05) is 0 Å². The van der Waals surface area contributed by atoms with Crippen LogP contribution in [0.4, 0.5) is 0 Å². The Morgan fingerprint density at radius 2 is 0.481 bits per heavy atom. The van der Waals surface area contributed by atoms with Crippen molar-refractivity contribution in [3.8, 4) is 0 Å². The molecule has 0 aromatic carbocycles. The van der Waals surface area contributed by atoms with E-state index in [1.165, 1.54) is 51.4 Å². The molecule has 1 unspecified atom stereocenters. The molecule has 0 aliphatic rings. The van der Waals surface area contributed by atoms with Crippen molar-refractivity contribution in [3.63, 3.8) is 0 Å². The zero-order valence-electron chi connectivity index (χ0n) is 52.0. The lowest BCUT2D eigenvalue weighted by atomic mass is 10.1. The van der Waals surface area contributed by atoms with Gasteiger partial charge in [-0.05, 0) is 154 Å². The van der Waals surface area contributed by atoms with Crippen LogP contribution in [0.2, 0.25) is 0 Å². The Morgan fingerprint density at radius 1 is 0.259 bits per heavy atom. The van der Waals surface area contributed by atoms with Crippen LogP contribution in [0, 0.1) is 0 Å². The summed E-state index contributed by atoms with van der Waals surface area (Å²) in [5.74, 6) is -0.973. The van der Waals surface area contributed by atoms with Gasteiger partial charge in [0.05, 0.1) is 0 Å². The predicted octanol–water partition coefficient (Wildman–Crippen LogP) is 22.7. The molecule has 0 fully saturated rings. The molecule has 0 aromatic rings. The average molecular weight is 1120 g/mol. The van der Waals surface area contributed by atoms with Gasteiger partial charge in [-0.3, -0.25) is 14.4 Å². The van der Waals surface area contributed by atoms with Crippen LogP contribution in [-0.4, -0.2) is 37.2 Å². The topological polar surface area (TPSA) is 78.9 Å². The van der Waals surface area contributed by atoms with Gasteiger partial charge in [-0.2, -0.15) is 0 Å². The second kappa shape index (κ2) is 67.3. The van der Waals surface area contributed by atoms with E-state index in [9.17, 15) is 14.4 Å². The molecule has 0 radical (unpaired) electrons. The van der Waals surface area contributed by atoms with E-state index in [0.717, 1.165) is 173 Å². The second-order valence-electron chi connectivity index (χ2n) is 20.9. The summed E-state index contributed by atoms with van der Waals surface area (Å²) in [4.78, 5) is 38.4. The molecule has 454 valence electrons. The van der Waals surface area contributed by atoms with E-state index in [2.05, 4.69) is 191 Å². The first-order valence-corrected chi connectivity index (χ1v) is 32.6. The standard InChI is InChI=1S/C75H118O6/c1-4-7-10-13-16-19-22-25-28-31-33-35-36-37-38-40-41-44-47-50-53-56-59-62-65-68-74(77)80-71-72(70-79-73(76)67-64-61-58-55-52-49-46-43-30-27-24-21-18-15-12-9-6-3)81-75(78)69-66-63-60-57-54-51-48-45-42-39-34-32-29-26-23-20-17-14-11-8-5-2/h7-8,10-11,16-21,25-30,33-35,37-39,41,44-45,48,50,53,72H,4-6,9,12-15,22-24,31-32,36,40,42-43,46-47,49,51-52,54-71H2,1-3H3/b10-7-,11-8-,19-16-,20-17-,21-18-,28-25-,29-26-,30-27-,35-33-,38-37-,39-34-,44-41-,48-45-,53-50-. The number of carbonyl (C=O) groups excluding carboxylic acids is 3. The van der Waals surface area contributed by atoms with Crippen molar-refractivity contribution in [2.45, 2.75) is 271 Å². The molecular formula is C75H118O6. The van der Waals surface area contributed by atoms with Crippen molar-refractivity contribution >= 4 is 17.9 Å². The zero-order chi connectivity index (χ0) is 58.5. The number of allylic oxidation sites excluding steroid dienone is 28. The Hall–Kier alpha value is -5.23. The van der Waals surface area contributed by atoms with Crippen LogP contribution < -0.4 is 0 Å². The lowest BCUT2D eigenvalue weighted by Crippen LogP contribution is -2.30. The number of hydrogen-bond acceptors (Lipinski definition) is 6. The third kappa shape index (κ3) is 65.5. The van der Waals surface area contributed by atoms with Crippen LogP contribution in [0.5, 0.6) is 0 Å². The maximum atomic E-state index is 12.9. The summed E-state index contributed by atoms with van der Waals surface area (Å²) in [7, 11) is 0. The molecule has 0 spiro atoms. The molecule has 0 saturated heterocycles. The van der Waals surface area contributed by atoms with Gasteiger partial charge in [-0.15, -0.1) is 0 Å². The Morgan fingerprint density at radius 3 is 0.765 bits per heavy atom. The van der Waals surface area contributed by atoms with Gasteiger partial charge in [0.1, 0.15) is 13.2 Å². The van der Waals surface area contributed by atoms with Crippen LogP contribution >= 0.6 is 0 Å². The molecule has 0 heterocycles. The fourth-order valence-corrected chi connectivity index (χ4v) is 8.36.